The molecule has 0 radical (unpaired) electrons. The first kappa shape index (κ1) is 11.0. The van der Waals surface area contributed by atoms with E-state index in [1.165, 1.54) is 58.0 Å². The number of nitrogens with one attached hydrogen (secondary N) is 1. The van der Waals surface area contributed by atoms with Crippen molar-refractivity contribution >= 4 is 0 Å². The average molecular weight is 222 g/mol. The minimum atomic E-state index is 0.939. The van der Waals surface area contributed by atoms with Crippen molar-refractivity contribution in [3.63, 3.8) is 0 Å². The molecule has 3 heterocycles. The number of rotatable bonds is 2. The van der Waals surface area contributed by atoms with Crippen LogP contribution in [0.2, 0.25) is 0 Å². The van der Waals surface area contributed by atoms with Crippen LogP contribution in [-0.4, -0.2) is 37.1 Å². The van der Waals surface area contributed by atoms with Gasteiger partial charge in [-0.15, -0.1) is 0 Å². The van der Waals surface area contributed by atoms with Crippen LogP contribution in [0.1, 0.15) is 44.9 Å². The molecular formula is C14H26N2. The molecule has 2 nitrogen and oxygen atoms in total. The third-order valence-corrected chi connectivity index (χ3v) is 5.40. The first-order chi connectivity index (χ1) is 7.84. The van der Waals surface area contributed by atoms with Crippen LogP contribution >= 0.6 is 0 Å². The molecule has 0 aromatic rings. The third-order valence-electron chi connectivity index (χ3n) is 5.40. The summed E-state index contributed by atoms with van der Waals surface area (Å²) in [6.07, 6.45) is 10.3. The second kappa shape index (κ2) is 4.66. The molecule has 3 atom stereocenters. The molecule has 3 aliphatic heterocycles. The van der Waals surface area contributed by atoms with E-state index >= 15 is 0 Å². The van der Waals surface area contributed by atoms with Gasteiger partial charge in [0.1, 0.15) is 0 Å². The summed E-state index contributed by atoms with van der Waals surface area (Å²) < 4.78 is 0. The maximum Gasteiger partial charge on any atom is 0.0124 e. The largest absolute Gasteiger partial charge is 0.317 e. The van der Waals surface area contributed by atoms with Gasteiger partial charge in [0, 0.05) is 12.1 Å². The SMILES string of the molecule is CN1[C@H]2CC[C@@H](CC3CCNCC3)[C@H]1CC2. The minimum Gasteiger partial charge on any atom is -0.317 e. The summed E-state index contributed by atoms with van der Waals surface area (Å²) in [6, 6.07) is 1.88. The lowest BCUT2D eigenvalue weighted by Gasteiger charge is -2.39. The summed E-state index contributed by atoms with van der Waals surface area (Å²) in [4.78, 5) is 2.70. The number of piperidine rings is 2. The monoisotopic (exact) mass is 222 g/mol. The van der Waals surface area contributed by atoms with Crippen molar-refractivity contribution in [3.8, 4) is 0 Å². The van der Waals surface area contributed by atoms with E-state index < -0.39 is 0 Å². The normalized spacial score (nSPS) is 41.4. The van der Waals surface area contributed by atoms with Gasteiger partial charge in [-0.25, -0.2) is 0 Å². The molecule has 0 amide bonds. The maximum atomic E-state index is 3.48. The van der Waals surface area contributed by atoms with Gasteiger partial charge in [-0.1, -0.05) is 0 Å². The quantitative estimate of drug-likeness (QED) is 0.771. The van der Waals surface area contributed by atoms with Crippen molar-refractivity contribution in [1.82, 2.24) is 10.2 Å². The van der Waals surface area contributed by atoms with Gasteiger partial charge in [0.2, 0.25) is 0 Å². The van der Waals surface area contributed by atoms with E-state index in [-0.39, 0.29) is 0 Å². The average Bonchev–Trinajstić information content (AvgIpc) is 2.55. The Morgan fingerprint density at radius 3 is 2.56 bits per heavy atom. The van der Waals surface area contributed by atoms with E-state index in [4.69, 9.17) is 0 Å². The molecule has 0 spiro atoms. The molecule has 0 saturated carbocycles. The summed E-state index contributed by atoms with van der Waals surface area (Å²) in [5.74, 6) is 2.05. The Kier molecular flexibility index (Phi) is 3.21. The standard InChI is InChI=1S/C14H26N2/c1-16-13-3-2-12(14(16)5-4-13)10-11-6-8-15-9-7-11/h11-15H,2-10H2,1H3/t12-,13-,14+/m0/s1. The Labute approximate surface area is 99.8 Å². The summed E-state index contributed by atoms with van der Waals surface area (Å²) >= 11 is 0. The second-order valence-electron chi connectivity index (χ2n) is 6.23. The summed E-state index contributed by atoms with van der Waals surface area (Å²) in [6.45, 7) is 2.53. The molecule has 0 unspecified atom stereocenters. The van der Waals surface area contributed by atoms with Gasteiger partial charge in [0.05, 0.1) is 0 Å². The molecule has 3 saturated heterocycles. The molecule has 3 aliphatic rings. The Hall–Kier alpha value is -0.0800. The molecular weight excluding hydrogens is 196 g/mol. The lowest BCUT2D eigenvalue weighted by molar-refractivity contribution is 0.0994. The zero-order valence-corrected chi connectivity index (χ0v) is 10.6. The van der Waals surface area contributed by atoms with Crippen LogP contribution < -0.4 is 5.32 Å². The number of hydrogen-bond donors (Lipinski definition) is 1. The molecule has 0 aromatic heterocycles. The highest BCUT2D eigenvalue weighted by Crippen LogP contribution is 2.41. The van der Waals surface area contributed by atoms with Crippen molar-refractivity contribution in [3.05, 3.63) is 0 Å². The van der Waals surface area contributed by atoms with Crippen molar-refractivity contribution in [2.24, 2.45) is 11.8 Å². The Bertz CT molecular complexity index is 235. The van der Waals surface area contributed by atoms with Gasteiger partial charge < -0.3 is 10.2 Å². The number of fused-ring (bicyclic) bond motifs is 2. The van der Waals surface area contributed by atoms with E-state index in [1.807, 2.05) is 0 Å². The molecule has 2 bridgehead atoms. The van der Waals surface area contributed by atoms with Crippen molar-refractivity contribution in [2.75, 3.05) is 20.1 Å². The van der Waals surface area contributed by atoms with Crippen LogP contribution in [0.3, 0.4) is 0 Å². The Balaban J connectivity index is 1.57. The molecule has 0 aliphatic carbocycles. The third kappa shape index (κ3) is 2.02. The Morgan fingerprint density at radius 1 is 1.00 bits per heavy atom. The highest BCUT2D eigenvalue weighted by Gasteiger charge is 2.40. The fourth-order valence-electron chi connectivity index (χ4n) is 4.38. The van der Waals surface area contributed by atoms with Crippen molar-refractivity contribution < 1.29 is 0 Å². The van der Waals surface area contributed by atoms with Gasteiger partial charge in [-0.2, -0.15) is 0 Å². The predicted molar refractivity (Wildman–Crippen MR) is 67.5 cm³/mol. The van der Waals surface area contributed by atoms with Crippen LogP contribution in [0.5, 0.6) is 0 Å². The van der Waals surface area contributed by atoms with E-state index in [0.717, 1.165) is 23.9 Å². The van der Waals surface area contributed by atoms with Gasteiger partial charge >= 0.3 is 0 Å². The molecule has 16 heavy (non-hydrogen) atoms. The lowest BCUT2D eigenvalue weighted by Crippen LogP contribution is -2.43. The second-order valence-corrected chi connectivity index (χ2v) is 6.23. The Morgan fingerprint density at radius 2 is 1.75 bits per heavy atom. The van der Waals surface area contributed by atoms with E-state index in [9.17, 15) is 0 Å². The first-order valence-corrected chi connectivity index (χ1v) is 7.27. The summed E-state index contributed by atoms with van der Waals surface area (Å²) in [5, 5.41) is 3.48. The van der Waals surface area contributed by atoms with Crippen molar-refractivity contribution in [1.29, 1.82) is 0 Å². The predicted octanol–water partition coefficient (Wildman–Crippen LogP) is 2.25. The molecule has 0 aromatic carbocycles. The first-order valence-electron chi connectivity index (χ1n) is 7.27. The maximum absolute atomic E-state index is 3.48. The lowest BCUT2D eigenvalue weighted by atomic mass is 9.80. The van der Waals surface area contributed by atoms with Gasteiger partial charge in [0.25, 0.3) is 0 Å². The van der Waals surface area contributed by atoms with Crippen LogP contribution in [0, 0.1) is 11.8 Å². The molecule has 1 N–H and O–H groups in total. The zero-order chi connectivity index (χ0) is 11.0. The minimum absolute atomic E-state index is 0.939. The highest BCUT2D eigenvalue weighted by molar-refractivity contribution is 4.95. The van der Waals surface area contributed by atoms with Crippen molar-refractivity contribution in [2.45, 2.75) is 57.0 Å². The summed E-state index contributed by atoms with van der Waals surface area (Å²) in [5.41, 5.74) is 0. The van der Waals surface area contributed by atoms with Gasteiger partial charge in [-0.3, -0.25) is 0 Å². The topological polar surface area (TPSA) is 15.3 Å². The molecule has 92 valence electrons. The van der Waals surface area contributed by atoms with Gasteiger partial charge in [-0.05, 0) is 76.9 Å². The molecule has 2 heteroatoms. The molecule has 3 fully saturated rings. The van der Waals surface area contributed by atoms with E-state index in [2.05, 4.69) is 17.3 Å². The van der Waals surface area contributed by atoms with Crippen LogP contribution in [-0.2, 0) is 0 Å². The van der Waals surface area contributed by atoms with E-state index in [1.54, 1.807) is 0 Å². The zero-order valence-electron chi connectivity index (χ0n) is 10.6. The fourth-order valence-corrected chi connectivity index (χ4v) is 4.38. The van der Waals surface area contributed by atoms with Gasteiger partial charge in [0.15, 0.2) is 0 Å². The van der Waals surface area contributed by atoms with E-state index in [0.29, 0.717) is 0 Å². The highest BCUT2D eigenvalue weighted by atomic mass is 15.2. The number of nitrogens with zero attached hydrogens (tertiary/aromatic N) is 1. The van der Waals surface area contributed by atoms with Crippen LogP contribution in [0.25, 0.3) is 0 Å². The smallest absolute Gasteiger partial charge is 0.0124 e. The summed E-state index contributed by atoms with van der Waals surface area (Å²) in [7, 11) is 2.37. The van der Waals surface area contributed by atoms with Crippen LogP contribution in [0.15, 0.2) is 0 Å². The number of hydrogen-bond acceptors (Lipinski definition) is 2. The van der Waals surface area contributed by atoms with Crippen LogP contribution in [0.4, 0.5) is 0 Å². The fraction of sp³-hybridized carbons (Fsp3) is 1.00. The molecule has 3 rings (SSSR count).